The SMILES string of the molecule is O=C(NNC(=O)C1CC1c1cccc(Br)c1)c1ccc(Br)s1. The lowest BCUT2D eigenvalue weighted by Crippen LogP contribution is -2.42. The predicted molar refractivity (Wildman–Crippen MR) is 92.6 cm³/mol. The van der Waals surface area contributed by atoms with Crippen LogP contribution in [0.5, 0.6) is 0 Å². The molecular formula is C15H12Br2N2O2S. The van der Waals surface area contributed by atoms with Crippen molar-refractivity contribution < 1.29 is 9.59 Å². The van der Waals surface area contributed by atoms with Crippen LogP contribution in [-0.4, -0.2) is 11.8 Å². The normalized spacial score (nSPS) is 19.5. The summed E-state index contributed by atoms with van der Waals surface area (Å²) in [6.07, 6.45) is 0.808. The van der Waals surface area contributed by atoms with Gasteiger partial charge in [0.25, 0.3) is 5.91 Å². The van der Waals surface area contributed by atoms with Crippen LogP contribution < -0.4 is 10.9 Å². The van der Waals surface area contributed by atoms with E-state index >= 15 is 0 Å². The van der Waals surface area contributed by atoms with Crippen molar-refractivity contribution in [2.75, 3.05) is 0 Å². The number of amides is 2. The van der Waals surface area contributed by atoms with Gasteiger partial charge in [0.1, 0.15) is 0 Å². The molecule has 1 aromatic carbocycles. The van der Waals surface area contributed by atoms with Crippen LogP contribution in [0.3, 0.4) is 0 Å². The lowest BCUT2D eigenvalue weighted by molar-refractivity contribution is -0.123. The number of halogens is 2. The monoisotopic (exact) mass is 442 g/mol. The van der Waals surface area contributed by atoms with Gasteiger partial charge in [-0.1, -0.05) is 28.1 Å². The van der Waals surface area contributed by atoms with Crippen molar-refractivity contribution in [3.05, 3.63) is 55.1 Å². The highest BCUT2D eigenvalue weighted by atomic mass is 79.9. The van der Waals surface area contributed by atoms with Crippen molar-refractivity contribution in [2.45, 2.75) is 12.3 Å². The molecular weight excluding hydrogens is 432 g/mol. The fourth-order valence-corrected chi connectivity index (χ4v) is 4.00. The smallest absolute Gasteiger partial charge is 0.273 e. The van der Waals surface area contributed by atoms with Gasteiger partial charge in [0, 0.05) is 10.4 Å². The van der Waals surface area contributed by atoms with E-state index in [4.69, 9.17) is 0 Å². The molecule has 1 fully saturated rings. The minimum Gasteiger partial charge on any atom is -0.273 e. The van der Waals surface area contributed by atoms with Gasteiger partial charge < -0.3 is 0 Å². The van der Waals surface area contributed by atoms with Crippen LogP contribution in [0.25, 0.3) is 0 Å². The van der Waals surface area contributed by atoms with E-state index in [1.807, 2.05) is 24.3 Å². The van der Waals surface area contributed by atoms with E-state index in [9.17, 15) is 9.59 Å². The highest BCUT2D eigenvalue weighted by molar-refractivity contribution is 9.11. The van der Waals surface area contributed by atoms with Crippen molar-refractivity contribution in [2.24, 2.45) is 5.92 Å². The van der Waals surface area contributed by atoms with Crippen LogP contribution in [0.15, 0.2) is 44.7 Å². The predicted octanol–water partition coefficient (Wildman–Crippen LogP) is 3.84. The minimum atomic E-state index is -0.302. The first-order valence-corrected chi connectivity index (χ1v) is 9.06. The zero-order valence-corrected chi connectivity index (χ0v) is 15.3. The van der Waals surface area contributed by atoms with Crippen molar-refractivity contribution >= 4 is 55.0 Å². The first-order valence-electron chi connectivity index (χ1n) is 6.65. The van der Waals surface area contributed by atoms with E-state index in [2.05, 4.69) is 42.7 Å². The first-order chi connectivity index (χ1) is 10.5. The Labute approximate surface area is 148 Å². The standard InChI is InChI=1S/C15H12Br2N2O2S/c16-9-3-1-2-8(6-9)10-7-11(10)14(20)18-19-15(21)12-4-5-13(17)22-12/h1-6,10-11H,7H2,(H,18,20)(H,19,21). The van der Waals surface area contributed by atoms with Crippen LogP contribution >= 0.6 is 43.2 Å². The van der Waals surface area contributed by atoms with Crippen LogP contribution in [0.2, 0.25) is 0 Å². The van der Waals surface area contributed by atoms with Gasteiger partial charge in [0.05, 0.1) is 8.66 Å². The largest absolute Gasteiger partial charge is 0.279 e. The quantitative estimate of drug-likeness (QED) is 0.708. The van der Waals surface area contributed by atoms with Crippen molar-refractivity contribution in [1.82, 2.24) is 10.9 Å². The molecule has 7 heteroatoms. The molecule has 114 valence electrons. The molecule has 4 nitrogen and oxygen atoms in total. The fraction of sp³-hybridized carbons (Fsp3) is 0.200. The molecule has 0 bridgehead atoms. The number of hydrogen-bond donors (Lipinski definition) is 2. The molecule has 0 aliphatic heterocycles. The number of hydrogen-bond acceptors (Lipinski definition) is 3. The Balaban J connectivity index is 1.52. The lowest BCUT2D eigenvalue weighted by Gasteiger charge is -2.06. The molecule has 0 spiro atoms. The van der Waals surface area contributed by atoms with E-state index in [0.29, 0.717) is 4.88 Å². The maximum atomic E-state index is 12.1. The molecule has 0 saturated heterocycles. The topological polar surface area (TPSA) is 58.2 Å². The van der Waals surface area contributed by atoms with E-state index < -0.39 is 0 Å². The minimum absolute atomic E-state index is 0.0790. The average Bonchev–Trinajstić information content (AvgIpc) is 3.19. The van der Waals surface area contributed by atoms with E-state index in [1.54, 1.807) is 12.1 Å². The fourth-order valence-electron chi connectivity index (χ4n) is 2.30. The zero-order chi connectivity index (χ0) is 15.7. The Morgan fingerprint density at radius 3 is 2.64 bits per heavy atom. The molecule has 2 aromatic rings. The number of benzene rings is 1. The van der Waals surface area contributed by atoms with Gasteiger partial charge in [-0.05, 0) is 58.1 Å². The molecule has 1 aliphatic rings. The van der Waals surface area contributed by atoms with Gasteiger partial charge in [0.2, 0.25) is 5.91 Å². The molecule has 1 aromatic heterocycles. The van der Waals surface area contributed by atoms with Gasteiger partial charge in [-0.3, -0.25) is 20.4 Å². The Morgan fingerprint density at radius 2 is 1.95 bits per heavy atom. The van der Waals surface area contributed by atoms with Crippen molar-refractivity contribution in [3.63, 3.8) is 0 Å². The highest BCUT2D eigenvalue weighted by Crippen LogP contribution is 2.47. The number of thiophene rings is 1. The second-order valence-corrected chi connectivity index (χ2v) is 8.43. The molecule has 2 atom stereocenters. The number of nitrogens with one attached hydrogen (secondary N) is 2. The summed E-state index contributed by atoms with van der Waals surface area (Å²) in [5.74, 6) is -0.299. The summed E-state index contributed by atoms with van der Waals surface area (Å²) in [6, 6.07) is 11.5. The second-order valence-electron chi connectivity index (χ2n) is 5.05. The average molecular weight is 444 g/mol. The summed E-state index contributed by atoms with van der Waals surface area (Å²) in [5.41, 5.74) is 6.11. The maximum Gasteiger partial charge on any atom is 0.279 e. The third kappa shape index (κ3) is 3.59. The lowest BCUT2D eigenvalue weighted by atomic mass is 10.1. The van der Waals surface area contributed by atoms with E-state index in [-0.39, 0.29) is 23.7 Å². The first kappa shape index (κ1) is 15.7. The van der Waals surface area contributed by atoms with Gasteiger partial charge >= 0.3 is 0 Å². The van der Waals surface area contributed by atoms with Gasteiger partial charge in [-0.2, -0.15) is 0 Å². The van der Waals surface area contributed by atoms with Crippen LogP contribution in [0, 0.1) is 5.92 Å². The third-order valence-electron chi connectivity index (χ3n) is 3.50. The number of hydrazine groups is 1. The summed E-state index contributed by atoms with van der Waals surface area (Å²) >= 11 is 8.05. The molecule has 0 radical (unpaired) electrons. The Morgan fingerprint density at radius 1 is 1.14 bits per heavy atom. The zero-order valence-electron chi connectivity index (χ0n) is 11.3. The molecule has 3 rings (SSSR count). The summed E-state index contributed by atoms with van der Waals surface area (Å²) in [5, 5.41) is 0. The molecule has 22 heavy (non-hydrogen) atoms. The summed E-state index contributed by atoms with van der Waals surface area (Å²) in [7, 11) is 0. The molecule has 2 amide bonds. The summed E-state index contributed by atoms with van der Waals surface area (Å²) in [6.45, 7) is 0. The van der Waals surface area contributed by atoms with E-state index in [0.717, 1.165) is 20.2 Å². The Bertz CT molecular complexity index is 732. The Kier molecular flexibility index (Phi) is 4.65. The van der Waals surface area contributed by atoms with Crippen LogP contribution in [-0.2, 0) is 4.79 Å². The summed E-state index contributed by atoms with van der Waals surface area (Å²) in [4.78, 5) is 24.5. The third-order valence-corrected chi connectivity index (χ3v) is 5.62. The van der Waals surface area contributed by atoms with Crippen LogP contribution in [0.1, 0.15) is 27.6 Å². The number of carbonyl (C=O) groups is 2. The van der Waals surface area contributed by atoms with Crippen molar-refractivity contribution in [1.29, 1.82) is 0 Å². The van der Waals surface area contributed by atoms with Gasteiger partial charge in [-0.25, -0.2) is 0 Å². The molecule has 2 unspecified atom stereocenters. The molecule has 1 saturated carbocycles. The molecule has 1 heterocycles. The van der Waals surface area contributed by atoms with Crippen molar-refractivity contribution in [3.8, 4) is 0 Å². The maximum absolute atomic E-state index is 12.1. The van der Waals surface area contributed by atoms with Crippen LogP contribution in [0.4, 0.5) is 0 Å². The second kappa shape index (κ2) is 6.52. The molecule has 1 aliphatic carbocycles. The molecule has 2 N–H and O–H groups in total. The van der Waals surface area contributed by atoms with E-state index in [1.165, 1.54) is 11.3 Å². The van der Waals surface area contributed by atoms with Gasteiger partial charge in [-0.15, -0.1) is 11.3 Å². The number of carbonyl (C=O) groups excluding carboxylic acids is 2. The van der Waals surface area contributed by atoms with Gasteiger partial charge in [0.15, 0.2) is 0 Å². The Hall–Kier alpha value is -1.18. The highest BCUT2D eigenvalue weighted by Gasteiger charge is 2.44. The summed E-state index contributed by atoms with van der Waals surface area (Å²) < 4.78 is 1.88. The number of rotatable bonds is 3.